The van der Waals surface area contributed by atoms with Crippen molar-refractivity contribution in [2.75, 3.05) is 19.6 Å². The molecule has 0 aromatic heterocycles. The second kappa shape index (κ2) is 6.68. The van der Waals surface area contributed by atoms with Crippen LogP contribution in [0.1, 0.15) is 43.4 Å². The summed E-state index contributed by atoms with van der Waals surface area (Å²) < 4.78 is 6.62. The molecule has 0 aliphatic carbocycles. The number of aromatic hydroxyl groups is 1. The number of hydrogen-bond donors (Lipinski definition) is 1. The van der Waals surface area contributed by atoms with Gasteiger partial charge in [0.1, 0.15) is 11.5 Å². The summed E-state index contributed by atoms with van der Waals surface area (Å²) >= 11 is 6.31. The van der Waals surface area contributed by atoms with Gasteiger partial charge in [-0.1, -0.05) is 18.5 Å². The number of likely N-dealkylation sites (tertiary alicyclic amines) is 1. The molecular weight excluding hydrogens is 374 g/mol. The Balaban J connectivity index is 1.56. The van der Waals surface area contributed by atoms with Crippen molar-refractivity contribution in [1.29, 1.82) is 0 Å². The van der Waals surface area contributed by atoms with E-state index in [1.165, 1.54) is 0 Å². The third kappa shape index (κ3) is 2.85. The Morgan fingerprint density at radius 2 is 1.93 bits per heavy atom. The first-order chi connectivity index (χ1) is 13.6. The molecule has 0 amide bonds. The van der Waals surface area contributed by atoms with Crippen LogP contribution in [0.2, 0.25) is 5.02 Å². The Morgan fingerprint density at radius 3 is 2.64 bits per heavy atom. The van der Waals surface area contributed by atoms with Gasteiger partial charge in [-0.15, -0.1) is 0 Å². The topological polar surface area (TPSA) is 48.3 Å². The summed E-state index contributed by atoms with van der Waals surface area (Å²) in [7, 11) is 0. The molecule has 6 heteroatoms. The number of hydrogen-bond acceptors (Lipinski definition) is 5. The van der Waals surface area contributed by atoms with E-state index in [2.05, 4.69) is 16.8 Å². The highest BCUT2D eigenvalue weighted by molar-refractivity contribution is 6.30. The quantitative estimate of drug-likeness (QED) is 0.815. The summed E-state index contributed by atoms with van der Waals surface area (Å²) in [5.74, 6) is 1.20. The van der Waals surface area contributed by atoms with Crippen LogP contribution in [0.25, 0.3) is 0 Å². The molecule has 5 rings (SSSR count). The lowest BCUT2D eigenvalue weighted by atomic mass is 9.90. The van der Waals surface area contributed by atoms with Crippen molar-refractivity contribution < 1.29 is 9.84 Å². The summed E-state index contributed by atoms with van der Waals surface area (Å²) in [5.41, 5.74) is 2.76. The van der Waals surface area contributed by atoms with Crippen LogP contribution in [0.3, 0.4) is 0 Å². The lowest BCUT2D eigenvalue weighted by Gasteiger charge is -2.51. The third-order valence-corrected chi connectivity index (χ3v) is 6.48. The van der Waals surface area contributed by atoms with Gasteiger partial charge in [0.15, 0.2) is 0 Å². The smallest absolute Gasteiger partial charge is 0.200 e. The molecule has 1 fully saturated rings. The normalized spacial score (nSPS) is 23.1. The first kappa shape index (κ1) is 17.8. The number of ether oxygens (including phenoxy) is 1. The summed E-state index contributed by atoms with van der Waals surface area (Å²) in [6.07, 6.45) is 2.65. The van der Waals surface area contributed by atoms with Gasteiger partial charge in [0.2, 0.25) is 5.72 Å². The molecule has 28 heavy (non-hydrogen) atoms. The van der Waals surface area contributed by atoms with Crippen molar-refractivity contribution >= 4 is 17.3 Å². The molecule has 1 N–H and O–H groups in total. The zero-order valence-corrected chi connectivity index (χ0v) is 16.7. The lowest BCUT2D eigenvalue weighted by molar-refractivity contribution is -0.149. The number of phenolic OH excluding ortho intramolecular Hbond substituents is 1. The lowest BCUT2D eigenvalue weighted by Crippen LogP contribution is -2.59. The maximum atomic E-state index is 9.62. The zero-order valence-electron chi connectivity index (χ0n) is 15.9. The standard InChI is InChI=1S/C22H24ClN3O2/c1-2-25-11-9-22(10-12-25)26-20(18-13-16(23)5-8-21(18)28-22)14-19(24-26)15-3-6-17(27)7-4-15/h3-8,13,20,27H,2,9-12,14H2,1H3/t20-/m1/s1. The third-order valence-electron chi connectivity index (χ3n) is 6.24. The number of benzene rings is 2. The van der Waals surface area contributed by atoms with Crippen molar-refractivity contribution in [3.05, 3.63) is 58.6 Å². The number of fused-ring (bicyclic) bond motifs is 4. The fourth-order valence-electron chi connectivity index (χ4n) is 4.63. The molecule has 2 aromatic rings. The Hall–Kier alpha value is -2.24. The van der Waals surface area contributed by atoms with Crippen molar-refractivity contribution in [2.24, 2.45) is 5.10 Å². The van der Waals surface area contributed by atoms with Gasteiger partial charge in [0, 0.05) is 42.9 Å². The first-order valence-electron chi connectivity index (χ1n) is 9.95. The molecule has 3 aliphatic heterocycles. The van der Waals surface area contributed by atoms with Gasteiger partial charge in [0.05, 0.1) is 11.8 Å². The highest BCUT2D eigenvalue weighted by atomic mass is 35.5. The van der Waals surface area contributed by atoms with Crippen LogP contribution in [0.4, 0.5) is 0 Å². The highest BCUT2D eigenvalue weighted by Crippen LogP contribution is 2.50. The predicted molar refractivity (Wildman–Crippen MR) is 110 cm³/mol. The fraction of sp³-hybridized carbons (Fsp3) is 0.409. The zero-order chi connectivity index (χ0) is 19.3. The van der Waals surface area contributed by atoms with Crippen LogP contribution >= 0.6 is 11.6 Å². The minimum Gasteiger partial charge on any atom is -0.508 e. The molecule has 0 radical (unpaired) electrons. The van der Waals surface area contributed by atoms with Gasteiger partial charge in [-0.3, -0.25) is 0 Å². The number of nitrogens with zero attached hydrogens (tertiary/aromatic N) is 3. The Kier molecular flexibility index (Phi) is 4.25. The minimum atomic E-state index is -0.407. The van der Waals surface area contributed by atoms with E-state index in [0.29, 0.717) is 0 Å². The predicted octanol–water partition coefficient (Wildman–Crippen LogP) is 4.40. The van der Waals surface area contributed by atoms with E-state index in [9.17, 15) is 5.11 Å². The molecule has 3 aliphatic rings. The minimum absolute atomic E-state index is 0.124. The first-order valence-corrected chi connectivity index (χ1v) is 10.3. The molecule has 1 atom stereocenters. The molecule has 1 spiro atoms. The Bertz CT molecular complexity index is 920. The van der Waals surface area contributed by atoms with Crippen LogP contribution in [0.15, 0.2) is 47.6 Å². The monoisotopic (exact) mass is 397 g/mol. The maximum Gasteiger partial charge on any atom is 0.200 e. The SMILES string of the molecule is CCN1CCC2(CC1)Oc1ccc(Cl)cc1[C@H]1CC(c3ccc(O)cc3)=NN12. The fourth-order valence-corrected chi connectivity index (χ4v) is 4.81. The molecule has 3 heterocycles. The average Bonchev–Trinajstić information content (AvgIpc) is 3.17. The van der Waals surface area contributed by atoms with E-state index in [1.54, 1.807) is 12.1 Å². The van der Waals surface area contributed by atoms with Crippen LogP contribution in [0.5, 0.6) is 11.5 Å². The molecule has 2 aromatic carbocycles. The van der Waals surface area contributed by atoms with Crippen LogP contribution in [-0.4, -0.2) is 46.1 Å². The Labute approximate surface area is 170 Å². The summed E-state index contributed by atoms with van der Waals surface area (Å²) in [6.45, 7) is 5.28. The Morgan fingerprint density at radius 1 is 1.18 bits per heavy atom. The van der Waals surface area contributed by atoms with Gasteiger partial charge in [-0.25, -0.2) is 5.01 Å². The second-order valence-electron chi connectivity index (χ2n) is 7.82. The van der Waals surface area contributed by atoms with Crippen molar-refractivity contribution in [2.45, 2.75) is 38.0 Å². The van der Waals surface area contributed by atoms with Crippen LogP contribution < -0.4 is 4.74 Å². The number of halogens is 1. The molecule has 0 saturated carbocycles. The molecular formula is C22H24ClN3O2. The summed E-state index contributed by atoms with van der Waals surface area (Å²) in [6, 6.07) is 13.3. The van der Waals surface area contributed by atoms with Gasteiger partial charge in [-0.2, -0.15) is 5.10 Å². The summed E-state index contributed by atoms with van der Waals surface area (Å²) in [5, 5.41) is 17.6. The van der Waals surface area contributed by atoms with E-state index in [4.69, 9.17) is 21.4 Å². The maximum absolute atomic E-state index is 9.62. The van der Waals surface area contributed by atoms with Crippen molar-refractivity contribution in [3.8, 4) is 11.5 Å². The van der Waals surface area contributed by atoms with Crippen LogP contribution in [-0.2, 0) is 0 Å². The van der Waals surface area contributed by atoms with Gasteiger partial charge in [0.25, 0.3) is 0 Å². The van der Waals surface area contributed by atoms with Crippen molar-refractivity contribution in [3.63, 3.8) is 0 Å². The largest absolute Gasteiger partial charge is 0.508 e. The number of piperidine rings is 1. The van der Waals surface area contributed by atoms with E-state index < -0.39 is 5.72 Å². The number of hydrazone groups is 1. The van der Waals surface area contributed by atoms with E-state index in [-0.39, 0.29) is 11.8 Å². The molecule has 0 unspecified atom stereocenters. The number of phenols is 1. The molecule has 5 nitrogen and oxygen atoms in total. The van der Waals surface area contributed by atoms with Gasteiger partial charge >= 0.3 is 0 Å². The second-order valence-corrected chi connectivity index (χ2v) is 8.26. The van der Waals surface area contributed by atoms with Crippen molar-refractivity contribution in [1.82, 2.24) is 9.91 Å². The van der Waals surface area contributed by atoms with E-state index in [0.717, 1.165) is 66.5 Å². The van der Waals surface area contributed by atoms with Gasteiger partial charge in [-0.05, 0) is 54.6 Å². The summed E-state index contributed by atoms with van der Waals surface area (Å²) in [4.78, 5) is 2.46. The van der Waals surface area contributed by atoms with E-state index in [1.807, 2.05) is 30.3 Å². The molecule has 146 valence electrons. The average molecular weight is 398 g/mol. The van der Waals surface area contributed by atoms with E-state index >= 15 is 0 Å². The van der Waals surface area contributed by atoms with Gasteiger partial charge < -0.3 is 14.7 Å². The molecule has 1 saturated heterocycles. The van der Waals surface area contributed by atoms with Crippen LogP contribution in [0, 0.1) is 0 Å². The highest BCUT2D eigenvalue weighted by Gasteiger charge is 2.51. The molecule has 0 bridgehead atoms. The number of rotatable bonds is 2.